The van der Waals surface area contributed by atoms with Crippen LogP contribution in [0.3, 0.4) is 0 Å². The van der Waals surface area contributed by atoms with Crippen molar-refractivity contribution in [2.24, 2.45) is 5.92 Å². The number of nitrogens with one attached hydrogen (secondary N) is 2. The third-order valence-corrected chi connectivity index (χ3v) is 8.11. The van der Waals surface area contributed by atoms with Crippen LogP contribution in [0, 0.1) is 5.92 Å². The number of aryl methyl sites for hydroxylation is 1. The van der Waals surface area contributed by atoms with Crippen LogP contribution in [-0.4, -0.2) is 73.1 Å². The van der Waals surface area contributed by atoms with E-state index in [0.717, 1.165) is 5.56 Å². The van der Waals surface area contributed by atoms with Crippen molar-refractivity contribution in [2.75, 3.05) is 25.1 Å². The normalized spacial score (nSPS) is 18.5. The molecule has 0 saturated heterocycles. The van der Waals surface area contributed by atoms with Gasteiger partial charge in [0.2, 0.25) is 17.7 Å². The van der Waals surface area contributed by atoms with Gasteiger partial charge in [-0.15, -0.1) is 0 Å². The molecule has 0 aliphatic carbocycles. The molecular weight excluding hydrogens is 566 g/mol. The average molecular weight is 608 g/mol. The molecule has 43 heavy (non-hydrogen) atoms. The van der Waals surface area contributed by atoms with Crippen molar-refractivity contribution >= 4 is 29.5 Å². The zero-order chi connectivity index (χ0) is 30.8. The fraction of sp³-hybridized carbons (Fsp3) is 0.484. The van der Waals surface area contributed by atoms with E-state index in [1.165, 1.54) is 10.6 Å². The fourth-order valence-corrected chi connectivity index (χ4v) is 5.51. The molecule has 2 aromatic heterocycles. The third kappa shape index (κ3) is 8.79. The summed E-state index contributed by atoms with van der Waals surface area (Å²) in [6.45, 7) is 5.33. The summed E-state index contributed by atoms with van der Waals surface area (Å²) in [7, 11) is 0. The molecule has 4 rings (SSSR count). The van der Waals surface area contributed by atoms with E-state index in [9.17, 15) is 19.2 Å². The molecule has 2 N–H and O–H groups in total. The Labute approximate surface area is 256 Å². The number of carbonyl (C=O) groups is 3. The summed E-state index contributed by atoms with van der Waals surface area (Å²) in [5, 5.41) is 10.9. The lowest BCUT2D eigenvalue weighted by Gasteiger charge is -2.28. The largest absolute Gasteiger partial charge is 0.344 e. The molecule has 3 heterocycles. The number of pyridine rings is 1. The molecule has 3 aromatic rings. The maximum Gasteiger partial charge on any atom is 0.250 e. The van der Waals surface area contributed by atoms with Gasteiger partial charge in [0.25, 0.3) is 5.56 Å². The van der Waals surface area contributed by atoms with E-state index < -0.39 is 12.1 Å². The van der Waals surface area contributed by atoms with Gasteiger partial charge in [-0.3, -0.25) is 19.2 Å². The van der Waals surface area contributed by atoms with Crippen LogP contribution < -0.4 is 16.2 Å². The van der Waals surface area contributed by atoms with E-state index in [2.05, 4.69) is 10.6 Å². The average Bonchev–Trinajstić information content (AvgIpc) is 3.42. The Morgan fingerprint density at radius 1 is 1.02 bits per heavy atom. The lowest BCUT2D eigenvalue weighted by atomic mass is 10.0. The molecule has 0 radical (unpaired) electrons. The third-order valence-electron chi connectivity index (χ3n) is 7.47. The van der Waals surface area contributed by atoms with Gasteiger partial charge in [-0.2, -0.15) is 16.9 Å². The van der Waals surface area contributed by atoms with Gasteiger partial charge in [0.15, 0.2) is 11.6 Å². The number of hydrogen-bond donors (Lipinski definition) is 2. The van der Waals surface area contributed by atoms with E-state index in [1.807, 2.05) is 50.4 Å². The van der Waals surface area contributed by atoms with Gasteiger partial charge in [-0.25, -0.2) is 9.67 Å². The second-order valence-electron chi connectivity index (χ2n) is 11.0. The lowest BCUT2D eigenvalue weighted by molar-refractivity contribution is -0.132. The number of aromatic nitrogens is 4. The van der Waals surface area contributed by atoms with Gasteiger partial charge in [0.1, 0.15) is 6.04 Å². The summed E-state index contributed by atoms with van der Waals surface area (Å²) in [5.41, 5.74) is 0.687. The van der Waals surface area contributed by atoms with Crippen LogP contribution in [0.15, 0.2) is 59.5 Å². The SMILES string of the molecule is CSCC[C@@H]1NC(=O)CCCN(C(=O)CCn2ccccc2=O)CCn2nc(-c3ccccc3)nc2[C@@H](C(C)C)NC1=O. The summed E-state index contributed by atoms with van der Waals surface area (Å²) in [4.78, 5) is 58.6. The molecule has 2 atom stereocenters. The second-order valence-corrected chi connectivity index (χ2v) is 12.0. The van der Waals surface area contributed by atoms with Crippen LogP contribution in [-0.2, 0) is 27.5 Å². The monoisotopic (exact) mass is 607 g/mol. The Hall–Kier alpha value is -3.93. The summed E-state index contributed by atoms with van der Waals surface area (Å²) < 4.78 is 3.30. The summed E-state index contributed by atoms with van der Waals surface area (Å²) >= 11 is 1.61. The van der Waals surface area contributed by atoms with Gasteiger partial charge in [-0.1, -0.05) is 50.2 Å². The lowest BCUT2D eigenvalue weighted by Crippen LogP contribution is -2.49. The van der Waals surface area contributed by atoms with Crippen molar-refractivity contribution in [1.29, 1.82) is 0 Å². The Morgan fingerprint density at radius 2 is 1.79 bits per heavy atom. The molecule has 0 spiro atoms. The first-order chi connectivity index (χ1) is 20.8. The molecule has 3 amide bonds. The number of benzene rings is 1. The number of nitrogens with zero attached hydrogens (tertiary/aromatic N) is 5. The minimum Gasteiger partial charge on any atom is -0.344 e. The smallest absolute Gasteiger partial charge is 0.250 e. The molecule has 12 heteroatoms. The van der Waals surface area contributed by atoms with E-state index in [-0.39, 0.29) is 48.6 Å². The Kier molecular flexibility index (Phi) is 11.5. The maximum atomic E-state index is 13.5. The zero-order valence-electron chi connectivity index (χ0n) is 25.1. The van der Waals surface area contributed by atoms with Crippen molar-refractivity contribution in [3.8, 4) is 11.4 Å². The van der Waals surface area contributed by atoms with Crippen LogP contribution in [0.2, 0.25) is 0 Å². The Bertz CT molecular complexity index is 1440. The predicted octanol–water partition coefficient (Wildman–Crippen LogP) is 2.87. The van der Waals surface area contributed by atoms with Crippen molar-refractivity contribution in [2.45, 2.75) is 64.7 Å². The first kappa shape index (κ1) is 32.0. The number of amides is 3. The second kappa shape index (κ2) is 15.5. The van der Waals surface area contributed by atoms with Crippen LogP contribution >= 0.6 is 11.8 Å². The van der Waals surface area contributed by atoms with Crippen molar-refractivity contribution < 1.29 is 14.4 Å². The van der Waals surface area contributed by atoms with Crippen LogP contribution in [0.25, 0.3) is 11.4 Å². The minimum absolute atomic E-state index is 0.0257. The quantitative estimate of drug-likeness (QED) is 0.403. The van der Waals surface area contributed by atoms with Gasteiger partial charge in [0.05, 0.1) is 12.6 Å². The minimum atomic E-state index is -0.684. The molecule has 1 aromatic carbocycles. The molecular formula is C31H41N7O4S. The summed E-state index contributed by atoms with van der Waals surface area (Å²) in [6.07, 6.45) is 4.90. The molecule has 0 bridgehead atoms. The Balaban J connectivity index is 1.66. The molecule has 0 unspecified atom stereocenters. The number of hydrogen-bond acceptors (Lipinski definition) is 7. The van der Waals surface area contributed by atoms with Crippen molar-refractivity contribution in [3.63, 3.8) is 0 Å². The van der Waals surface area contributed by atoms with Crippen LogP contribution in [0.1, 0.15) is 51.4 Å². The molecule has 230 valence electrons. The van der Waals surface area contributed by atoms with E-state index in [1.54, 1.807) is 39.7 Å². The zero-order valence-corrected chi connectivity index (χ0v) is 25.9. The van der Waals surface area contributed by atoms with Crippen LogP contribution in [0.4, 0.5) is 0 Å². The van der Waals surface area contributed by atoms with Crippen molar-refractivity contribution in [1.82, 2.24) is 34.9 Å². The van der Waals surface area contributed by atoms with Gasteiger partial charge < -0.3 is 20.1 Å². The highest BCUT2D eigenvalue weighted by molar-refractivity contribution is 7.98. The van der Waals surface area contributed by atoms with Gasteiger partial charge in [-0.05, 0) is 36.8 Å². The van der Waals surface area contributed by atoms with Gasteiger partial charge >= 0.3 is 0 Å². The van der Waals surface area contributed by atoms with E-state index in [0.29, 0.717) is 49.9 Å². The molecule has 1 aliphatic rings. The standard InChI is InChI=1S/C31H41N7O4S/c1-22(2)28-30-34-29(23-10-5-4-6-11-23)35-38(30)20-19-37(27(41)14-18-36-16-8-7-13-26(36)40)17-9-12-25(39)32-24(15-21-43-3)31(42)33-28/h4-8,10-11,13,16,22,24,28H,9,12,14-15,17-21H2,1-3H3,(H,32,39)(H,33,42)/t24-,28+/m0/s1. The number of fused-ring (bicyclic) bond motifs is 1. The molecule has 0 fully saturated rings. The highest BCUT2D eigenvalue weighted by Gasteiger charge is 2.30. The maximum absolute atomic E-state index is 13.5. The van der Waals surface area contributed by atoms with Gasteiger partial charge in [0, 0.05) is 50.3 Å². The van der Waals surface area contributed by atoms with E-state index >= 15 is 0 Å². The first-order valence-corrected chi connectivity index (χ1v) is 16.2. The molecule has 11 nitrogen and oxygen atoms in total. The van der Waals surface area contributed by atoms with E-state index in [4.69, 9.17) is 10.1 Å². The fourth-order valence-electron chi connectivity index (χ4n) is 5.04. The summed E-state index contributed by atoms with van der Waals surface area (Å²) in [6, 6.07) is 13.4. The summed E-state index contributed by atoms with van der Waals surface area (Å²) in [5.74, 6) is 1.23. The topological polar surface area (TPSA) is 131 Å². The first-order valence-electron chi connectivity index (χ1n) is 14.8. The predicted molar refractivity (Wildman–Crippen MR) is 167 cm³/mol. The number of thioether (sulfide) groups is 1. The number of rotatable bonds is 8. The van der Waals surface area contributed by atoms with Crippen LogP contribution in [0.5, 0.6) is 0 Å². The highest BCUT2D eigenvalue weighted by Crippen LogP contribution is 2.25. The number of carbonyl (C=O) groups excluding carboxylic acids is 3. The molecule has 0 saturated carbocycles. The molecule has 1 aliphatic heterocycles. The Morgan fingerprint density at radius 3 is 2.51 bits per heavy atom. The highest BCUT2D eigenvalue weighted by atomic mass is 32.2. The van der Waals surface area contributed by atoms with Crippen molar-refractivity contribution in [3.05, 3.63) is 70.9 Å².